The highest BCUT2D eigenvalue weighted by Crippen LogP contribution is 2.34. The Balaban J connectivity index is 2.31. The van der Waals surface area contributed by atoms with Crippen molar-refractivity contribution in [1.82, 2.24) is 5.32 Å². The fraction of sp³-hybridized carbons (Fsp3) is 0.467. The molecule has 1 fully saturated rings. The minimum absolute atomic E-state index is 0.163. The van der Waals surface area contributed by atoms with E-state index in [-0.39, 0.29) is 16.5 Å². The molecule has 114 valence electrons. The van der Waals surface area contributed by atoms with E-state index >= 15 is 0 Å². The zero-order valence-corrected chi connectivity index (χ0v) is 12.4. The van der Waals surface area contributed by atoms with Crippen LogP contribution in [0.5, 0.6) is 0 Å². The highest BCUT2D eigenvalue weighted by molar-refractivity contribution is 6.31. The molecule has 0 heterocycles. The van der Waals surface area contributed by atoms with Gasteiger partial charge in [-0.3, -0.25) is 4.79 Å². The Hall–Kier alpha value is -1.62. The van der Waals surface area contributed by atoms with Crippen molar-refractivity contribution in [2.24, 2.45) is 5.92 Å². The quantitative estimate of drug-likeness (QED) is 0.900. The van der Waals surface area contributed by atoms with Gasteiger partial charge in [0.05, 0.1) is 10.6 Å². The molecule has 2 unspecified atom stereocenters. The van der Waals surface area contributed by atoms with E-state index in [4.69, 9.17) is 11.6 Å². The third-order valence-electron chi connectivity index (χ3n) is 4.21. The Morgan fingerprint density at radius 1 is 1.43 bits per heavy atom. The molecule has 6 heteroatoms. The average Bonchev–Trinajstić information content (AvgIpc) is 2.44. The lowest BCUT2D eigenvalue weighted by Crippen LogP contribution is -2.60. The van der Waals surface area contributed by atoms with E-state index in [9.17, 15) is 19.1 Å². The van der Waals surface area contributed by atoms with Crippen LogP contribution < -0.4 is 5.32 Å². The molecule has 1 aromatic rings. The fourth-order valence-electron chi connectivity index (χ4n) is 2.85. The monoisotopic (exact) mass is 313 g/mol. The van der Waals surface area contributed by atoms with Crippen LogP contribution in [-0.2, 0) is 4.79 Å². The molecular weight excluding hydrogens is 297 g/mol. The van der Waals surface area contributed by atoms with Crippen molar-refractivity contribution < 1.29 is 19.1 Å². The number of benzene rings is 1. The van der Waals surface area contributed by atoms with Crippen LogP contribution in [0.1, 0.15) is 43.0 Å². The smallest absolute Gasteiger partial charge is 0.329 e. The largest absolute Gasteiger partial charge is 0.479 e. The molecule has 1 saturated carbocycles. The summed E-state index contributed by atoms with van der Waals surface area (Å²) < 4.78 is 13.9. The van der Waals surface area contributed by atoms with E-state index in [1.54, 1.807) is 6.92 Å². The van der Waals surface area contributed by atoms with Gasteiger partial charge in [-0.2, -0.15) is 0 Å². The van der Waals surface area contributed by atoms with Gasteiger partial charge < -0.3 is 10.4 Å². The fourth-order valence-corrected chi connectivity index (χ4v) is 3.03. The number of carboxylic acids is 1. The van der Waals surface area contributed by atoms with Crippen molar-refractivity contribution in [3.05, 3.63) is 34.6 Å². The van der Waals surface area contributed by atoms with E-state index in [0.29, 0.717) is 12.8 Å². The first-order valence-electron chi connectivity index (χ1n) is 6.88. The van der Waals surface area contributed by atoms with Gasteiger partial charge in [-0.1, -0.05) is 37.4 Å². The van der Waals surface area contributed by atoms with Crippen LogP contribution in [0, 0.1) is 11.7 Å². The Labute approximate surface area is 127 Å². The molecule has 0 spiro atoms. The molecule has 1 aromatic carbocycles. The van der Waals surface area contributed by atoms with E-state index in [1.165, 1.54) is 18.2 Å². The number of carbonyl (C=O) groups is 2. The van der Waals surface area contributed by atoms with Crippen molar-refractivity contribution in [2.45, 2.75) is 38.1 Å². The van der Waals surface area contributed by atoms with Gasteiger partial charge in [-0.05, 0) is 30.9 Å². The van der Waals surface area contributed by atoms with Gasteiger partial charge in [0.15, 0.2) is 5.82 Å². The number of aliphatic carboxylic acids is 1. The van der Waals surface area contributed by atoms with Crippen molar-refractivity contribution in [3.8, 4) is 0 Å². The lowest BCUT2D eigenvalue weighted by atomic mass is 9.73. The molecule has 0 bridgehead atoms. The normalized spacial score (nSPS) is 25.4. The number of rotatable bonds is 3. The molecule has 1 amide bonds. The molecule has 1 aliphatic carbocycles. The van der Waals surface area contributed by atoms with Gasteiger partial charge in [0.25, 0.3) is 5.91 Å². The van der Waals surface area contributed by atoms with Gasteiger partial charge in [0.1, 0.15) is 5.54 Å². The van der Waals surface area contributed by atoms with E-state index in [2.05, 4.69) is 5.32 Å². The highest BCUT2D eigenvalue weighted by atomic mass is 35.5. The van der Waals surface area contributed by atoms with Gasteiger partial charge in [-0.25, -0.2) is 9.18 Å². The van der Waals surface area contributed by atoms with Crippen LogP contribution >= 0.6 is 11.6 Å². The van der Waals surface area contributed by atoms with Crippen molar-refractivity contribution in [3.63, 3.8) is 0 Å². The average molecular weight is 314 g/mol. The minimum Gasteiger partial charge on any atom is -0.479 e. The van der Waals surface area contributed by atoms with Gasteiger partial charge in [0, 0.05) is 0 Å². The summed E-state index contributed by atoms with van der Waals surface area (Å²) in [5.74, 6) is -2.87. The summed E-state index contributed by atoms with van der Waals surface area (Å²) in [5.41, 5.74) is -1.58. The summed E-state index contributed by atoms with van der Waals surface area (Å²) in [5, 5.41) is 11.9. The van der Waals surface area contributed by atoms with Crippen LogP contribution in [0.2, 0.25) is 5.02 Å². The van der Waals surface area contributed by atoms with Crippen LogP contribution in [0.3, 0.4) is 0 Å². The van der Waals surface area contributed by atoms with Crippen LogP contribution in [0.15, 0.2) is 18.2 Å². The van der Waals surface area contributed by atoms with E-state index in [1.807, 2.05) is 0 Å². The summed E-state index contributed by atoms with van der Waals surface area (Å²) in [6, 6.07) is 4.08. The molecule has 0 aromatic heterocycles. The number of nitrogens with one attached hydrogen (secondary N) is 1. The van der Waals surface area contributed by atoms with E-state index in [0.717, 1.165) is 12.8 Å². The van der Waals surface area contributed by atoms with Crippen LogP contribution in [-0.4, -0.2) is 22.5 Å². The summed E-state index contributed by atoms with van der Waals surface area (Å²) >= 11 is 5.66. The maximum Gasteiger partial charge on any atom is 0.329 e. The molecule has 0 aliphatic heterocycles. The van der Waals surface area contributed by atoms with Crippen molar-refractivity contribution in [1.29, 1.82) is 0 Å². The highest BCUT2D eigenvalue weighted by Gasteiger charge is 2.46. The maximum absolute atomic E-state index is 13.9. The molecular formula is C15H17ClFNO3. The minimum atomic E-state index is -1.34. The zero-order chi connectivity index (χ0) is 15.6. The molecule has 2 N–H and O–H groups in total. The summed E-state index contributed by atoms with van der Waals surface area (Å²) in [6.07, 6.45) is 2.70. The number of hydrogen-bond acceptors (Lipinski definition) is 2. The standard InChI is InChI=1S/C15H17ClFNO3/c1-9-5-2-3-8-15(9,14(20)21)18-13(19)10-6-4-7-11(16)12(10)17/h4,6-7,9H,2-3,5,8H2,1H3,(H,18,19)(H,20,21). The zero-order valence-electron chi connectivity index (χ0n) is 11.7. The SMILES string of the molecule is CC1CCCCC1(NC(=O)c1cccc(Cl)c1F)C(=O)O. The Kier molecular flexibility index (Phi) is 4.52. The lowest BCUT2D eigenvalue weighted by molar-refractivity contribution is -0.148. The Morgan fingerprint density at radius 3 is 2.76 bits per heavy atom. The molecule has 1 aliphatic rings. The predicted octanol–water partition coefficient (Wildman–Crippen LogP) is 3.24. The first-order valence-corrected chi connectivity index (χ1v) is 7.26. The third kappa shape index (κ3) is 2.88. The third-order valence-corrected chi connectivity index (χ3v) is 4.51. The molecule has 2 atom stereocenters. The second kappa shape index (κ2) is 6.02. The first-order chi connectivity index (χ1) is 9.88. The topological polar surface area (TPSA) is 66.4 Å². The van der Waals surface area contributed by atoms with E-state index < -0.39 is 23.2 Å². The van der Waals surface area contributed by atoms with Gasteiger partial charge in [-0.15, -0.1) is 0 Å². The second-order valence-corrected chi connectivity index (χ2v) is 5.89. The number of carboxylic acid groups (broad SMARTS) is 1. The Morgan fingerprint density at radius 2 is 2.14 bits per heavy atom. The lowest BCUT2D eigenvalue weighted by Gasteiger charge is -2.39. The first kappa shape index (κ1) is 15.8. The molecule has 21 heavy (non-hydrogen) atoms. The summed E-state index contributed by atoms with van der Waals surface area (Å²) in [7, 11) is 0. The number of amides is 1. The van der Waals surface area contributed by atoms with Crippen LogP contribution in [0.25, 0.3) is 0 Å². The van der Waals surface area contributed by atoms with Crippen molar-refractivity contribution in [2.75, 3.05) is 0 Å². The predicted molar refractivity (Wildman–Crippen MR) is 76.9 cm³/mol. The molecule has 2 rings (SSSR count). The maximum atomic E-state index is 13.9. The number of hydrogen-bond donors (Lipinski definition) is 2. The Bertz CT molecular complexity index is 578. The molecule has 0 radical (unpaired) electrons. The number of halogens is 2. The van der Waals surface area contributed by atoms with Crippen LogP contribution in [0.4, 0.5) is 4.39 Å². The second-order valence-electron chi connectivity index (χ2n) is 5.48. The molecule has 0 saturated heterocycles. The van der Waals surface area contributed by atoms with Gasteiger partial charge >= 0.3 is 5.97 Å². The summed E-state index contributed by atoms with van der Waals surface area (Å²) in [6.45, 7) is 1.79. The number of carbonyl (C=O) groups excluding carboxylic acids is 1. The molecule has 4 nitrogen and oxygen atoms in total. The summed E-state index contributed by atoms with van der Waals surface area (Å²) in [4.78, 5) is 23.9. The van der Waals surface area contributed by atoms with Gasteiger partial charge in [0.2, 0.25) is 0 Å². The van der Waals surface area contributed by atoms with Crippen molar-refractivity contribution >= 4 is 23.5 Å².